The van der Waals surface area contributed by atoms with Crippen molar-refractivity contribution in [1.29, 1.82) is 0 Å². The Hall–Kier alpha value is -3.67. The highest BCUT2D eigenvalue weighted by Gasteiger charge is 2.36. The Labute approximate surface area is 260 Å². The van der Waals surface area contributed by atoms with Crippen LogP contribution in [0.2, 0.25) is 5.02 Å². The van der Waals surface area contributed by atoms with Gasteiger partial charge in [0.25, 0.3) is 0 Å². The number of aromatic hydroxyl groups is 1. The summed E-state index contributed by atoms with van der Waals surface area (Å²) in [6, 6.07) is 5.08. The third-order valence-corrected chi connectivity index (χ3v) is 9.25. The number of nitrogens with zero attached hydrogens (tertiary/aromatic N) is 5. The number of aromatic nitrogens is 2. The van der Waals surface area contributed by atoms with Crippen LogP contribution in [0.3, 0.4) is 0 Å². The van der Waals surface area contributed by atoms with E-state index in [-0.39, 0.29) is 58.3 Å². The van der Waals surface area contributed by atoms with E-state index in [0.29, 0.717) is 49.4 Å². The summed E-state index contributed by atoms with van der Waals surface area (Å²) in [7, 11) is 0. The van der Waals surface area contributed by atoms with Gasteiger partial charge in [-0.15, -0.1) is 0 Å². The topological polar surface area (TPSA) is 100 Å². The maximum atomic E-state index is 15.2. The molecule has 0 aliphatic carbocycles. The molecule has 1 amide bonds. The number of carbonyl (C=O) groups excluding carboxylic acids is 1. The zero-order valence-corrected chi connectivity index (χ0v) is 25.7. The molecule has 10 nitrogen and oxygen atoms in total. The monoisotopic (exact) mass is 625 g/mol. The van der Waals surface area contributed by atoms with Crippen molar-refractivity contribution >= 4 is 34.2 Å². The summed E-state index contributed by atoms with van der Waals surface area (Å²) in [5.74, 6) is -0.435. The predicted octanol–water partition coefficient (Wildman–Crippen LogP) is 4.22. The van der Waals surface area contributed by atoms with Crippen molar-refractivity contribution in [3.8, 4) is 22.6 Å². The Morgan fingerprint density at radius 3 is 2.70 bits per heavy atom. The molecule has 1 aromatic heterocycles. The van der Waals surface area contributed by atoms with Crippen LogP contribution in [0, 0.1) is 5.82 Å². The lowest BCUT2D eigenvalue weighted by atomic mass is 9.98. The summed E-state index contributed by atoms with van der Waals surface area (Å²) in [6.07, 6.45) is 2.81. The molecule has 12 heteroatoms. The number of hydrogen-bond donors (Lipinski definition) is 1. The number of anilines is 1. The van der Waals surface area contributed by atoms with E-state index in [1.54, 1.807) is 15.5 Å². The highest BCUT2D eigenvalue weighted by atomic mass is 35.5. The van der Waals surface area contributed by atoms with Crippen LogP contribution in [-0.4, -0.2) is 95.0 Å². The fraction of sp³-hybridized carbons (Fsp3) is 0.469. The normalized spacial score (nSPS) is 22.2. The first kappa shape index (κ1) is 30.4. The molecule has 2 saturated heterocycles. The molecule has 0 unspecified atom stereocenters. The van der Waals surface area contributed by atoms with Crippen LogP contribution in [0.4, 0.5) is 10.2 Å². The molecule has 3 aromatic rings. The fourth-order valence-corrected chi connectivity index (χ4v) is 6.99. The number of amides is 1. The van der Waals surface area contributed by atoms with Gasteiger partial charge in [-0.1, -0.05) is 24.2 Å². The summed E-state index contributed by atoms with van der Waals surface area (Å²) < 4.78 is 28.7. The van der Waals surface area contributed by atoms with Gasteiger partial charge in [0.1, 0.15) is 24.0 Å². The predicted molar refractivity (Wildman–Crippen MR) is 167 cm³/mol. The molecule has 4 heterocycles. The first-order valence-electron chi connectivity index (χ1n) is 15.1. The van der Waals surface area contributed by atoms with Gasteiger partial charge in [0.2, 0.25) is 5.91 Å². The average Bonchev–Trinajstić information content (AvgIpc) is 3.01. The number of rotatable bonds is 7. The first-order chi connectivity index (χ1) is 21.2. The minimum absolute atomic E-state index is 0.0870. The zero-order chi connectivity index (χ0) is 31.1. The van der Waals surface area contributed by atoms with Crippen LogP contribution in [0.25, 0.3) is 22.0 Å². The molecular formula is C32H37ClFN5O5. The molecular weight excluding hydrogens is 589 g/mol. The van der Waals surface area contributed by atoms with E-state index in [0.717, 1.165) is 26.1 Å². The molecule has 0 bridgehead atoms. The second-order valence-corrected chi connectivity index (χ2v) is 12.2. The SMILES string of the molecule is C=CC(=O)N1C[C@H](C)N(c2nc(=O)n3c4c(c(-c5c(O)cccc5F)c(Cl)cc24)OC[C@@H]3CCCN2CCOCC2)C[C@H]1C. The van der Waals surface area contributed by atoms with E-state index in [1.165, 1.54) is 24.3 Å². The quantitative estimate of drug-likeness (QED) is 0.390. The van der Waals surface area contributed by atoms with E-state index in [1.807, 2.05) is 18.7 Å². The third kappa shape index (κ3) is 5.41. The largest absolute Gasteiger partial charge is 0.507 e. The third-order valence-electron chi connectivity index (χ3n) is 8.95. The average molecular weight is 626 g/mol. The molecule has 0 radical (unpaired) electrons. The lowest BCUT2D eigenvalue weighted by Gasteiger charge is -2.45. The number of phenolic OH excluding ortho intramolecular Hbond substituents is 1. The number of hydrogen-bond acceptors (Lipinski definition) is 8. The van der Waals surface area contributed by atoms with Crippen molar-refractivity contribution < 1.29 is 23.8 Å². The maximum Gasteiger partial charge on any atom is 0.350 e. The molecule has 0 saturated carbocycles. The van der Waals surface area contributed by atoms with Crippen molar-refractivity contribution in [3.63, 3.8) is 0 Å². The van der Waals surface area contributed by atoms with E-state index in [2.05, 4.69) is 16.5 Å². The molecule has 1 N–H and O–H groups in total. The summed E-state index contributed by atoms with van der Waals surface area (Å²) in [6.45, 7) is 12.6. The lowest BCUT2D eigenvalue weighted by molar-refractivity contribution is -0.128. The van der Waals surface area contributed by atoms with E-state index in [4.69, 9.17) is 21.1 Å². The zero-order valence-electron chi connectivity index (χ0n) is 25.0. The van der Waals surface area contributed by atoms with Crippen LogP contribution >= 0.6 is 11.6 Å². The van der Waals surface area contributed by atoms with Gasteiger partial charge in [-0.3, -0.25) is 14.3 Å². The second-order valence-electron chi connectivity index (χ2n) is 11.8. The number of benzene rings is 2. The van der Waals surface area contributed by atoms with Crippen LogP contribution in [0.5, 0.6) is 11.5 Å². The molecule has 3 aliphatic heterocycles. The number of carbonyl (C=O) groups is 1. The van der Waals surface area contributed by atoms with Gasteiger partial charge in [-0.05, 0) is 57.5 Å². The lowest BCUT2D eigenvalue weighted by Crippen LogP contribution is -2.58. The Morgan fingerprint density at radius 2 is 1.98 bits per heavy atom. The van der Waals surface area contributed by atoms with Gasteiger partial charge in [-0.25, -0.2) is 9.18 Å². The molecule has 6 rings (SSSR count). The molecule has 3 atom stereocenters. The smallest absolute Gasteiger partial charge is 0.350 e. The number of phenols is 1. The molecule has 3 aliphatic rings. The van der Waals surface area contributed by atoms with E-state index >= 15 is 4.39 Å². The van der Waals surface area contributed by atoms with Gasteiger partial charge < -0.3 is 24.4 Å². The highest BCUT2D eigenvalue weighted by Crippen LogP contribution is 2.49. The van der Waals surface area contributed by atoms with Crippen LogP contribution in [-0.2, 0) is 9.53 Å². The van der Waals surface area contributed by atoms with Crippen molar-refractivity contribution in [3.05, 3.63) is 58.2 Å². The van der Waals surface area contributed by atoms with Gasteiger partial charge in [0.05, 0.1) is 40.9 Å². The summed E-state index contributed by atoms with van der Waals surface area (Å²) >= 11 is 6.88. The minimum Gasteiger partial charge on any atom is -0.507 e. The van der Waals surface area contributed by atoms with Crippen molar-refractivity contribution in [1.82, 2.24) is 19.4 Å². The van der Waals surface area contributed by atoms with Crippen molar-refractivity contribution in [2.75, 3.05) is 57.4 Å². The first-order valence-corrected chi connectivity index (χ1v) is 15.5. The molecule has 0 spiro atoms. The summed E-state index contributed by atoms with van der Waals surface area (Å²) in [4.78, 5) is 37.2. The van der Waals surface area contributed by atoms with Gasteiger partial charge in [0.15, 0.2) is 5.75 Å². The maximum absolute atomic E-state index is 15.2. The van der Waals surface area contributed by atoms with Gasteiger partial charge in [0, 0.05) is 43.6 Å². The number of ether oxygens (including phenoxy) is 2. The minimum atomic E-state index is -0.660. The summed E-state index contributed by atoms with van der Waals surface area (Å²) in [5.41, 5.74) is 0.128. The van der Waals surface area contributed by atoms with Crippen LogP contribution in [0.15, 0.2) is 41.7 Å². The molecule has 234 valence electrons. The Bertz CT molecular complexity index is 1640. The highest BCUT2D eigenvalue weighted by molar-refractivity contribution is 6.35. The van der Waals surface area contributed by atoms with Crippen LogP contribution in [0.1, 0.15) is 32.7 Å². The number of morpholine rings is 1. The summed E-state index contributed by atoms with van der Waals surface area (Å²) in [5, 5.41) is 11.5. The number of piperazine rings is 1. The van der Waals surface area contributed by atoms with E-state index in [9.17, 15) is 14.7 Å². The van der Waals surface area contributed by atoms with Gasteiger partial charge in [-0.2, -0.15) is 4.98 Å². The number of halogens is 2. The van der Waals surface area contributed by atoms with E-state index < -0.39 is 11.5 Å². The van der Waals surface area contributed by atoms with Crippen molar-refractivity contribution in [2.45, 2.75) is 44.8 Å². The molecule has 2 aromatic carbocycles. The van der Waals surface area contributed by atoms with Crippen LogP contribution < -0.4 is 15.3 Å². The molecule has 44 heavy (non-hydrogen) atoms. The Morgan fingerprint density at radius 1 is 1.20 bits per heavy atom. The fourth-order valence-electron chi connectivity index (χ4n) is 6.71. The Kier molecular flexibility index (Phi) is 8.54. The standard InChI is InChI=1S/C32H37ClFN5O5/c1-4-26(41)37-16-20(3)38(17-19(37)2)31-22-15-23(33)27(28-24(34)8-5-9-25(28)40)30-29(22)39(32(42)35-31)21(18-44-30)7-6-10-36-11-13-43-14-12-36/h4-5,8-9,15,19-21,40H,1,6-7,10-14,16-18H2,2-3H3/t19-,20+,21+/m1/s1. The van der Waals surface area contributed by atoms with Crippen molar-refractivity contribution in [2.24, 2.45) is 0 Å². The second kappa shape index (κ2) is 12.4. The molecule has 2 fully saturated rings. The van der Waals surface area contributed by atoms with Gasteiger partial charge >= 0.3 is 5.69 Å². The Balaban J connectivity index is 1.48.